The fourth-order valence-electron chi connectivity index (χ4n) is 3.53. The van der Waals surface area contributed by atoms with Crippen LogP contribution in [0.4, 0.5) is 0 Å². The van der Waals surface area contributed by atoms with Crippen molar-refractivity contribution in [2.75, 3.05) is 12.4 Å². The highest BCUT2D eigenvalue weighted by Crippen LogP contribution is 2.32. The van der Waals surface area contributed by atoms with Gasteiger partial charge in [-0.3, -0.25) is 0 Å². The number of carboxylic acids is 1. The molecule has 0 unspecified atom stereocenters. The van der Waals surface area contributed by atoms with Gasteiger partial charge in [0.15, 0.2) is 6.61 Å². The Morgan fingerprint density at radius 2 is 1.47 bits per heavy atom. The van der Waals surface area contributed by atoms with Crippen LogP contribution in [-0.2, 0) is 4.79 Å². The first-order valence-corrected chi connectivity index (χ1v) is 12.1. The van der Waals surface area contributed by atoms with Crippen molar-refractivity contribution < 1.29 is 14.6 Å². The quantitative estimate of drug-likeness (QED) is 0.246. The van der Waals surface area contributed by atoms with Crippen LogP contribution in [0.25, 0.3) is 16.7 Å². The smallest absolute Gasteiger partial charge is 0.341 e. The minimum Gasteiger partial charge on any atom is -0.482 e. The summed E-state index contributed by atoms with van der Waals surface area (Å²) in [5, 5.41) is 9.45. The van der Waals surface area contributed by atoms with Crippen LogP contribution in [0.5, 0.6) is 5.75 Å². The monoisotopic (exact) mass is 486 g/mol. The summed E-state index contributed by atoms with van der Waals surface area (Å²) in [6.07, 6.45) is 2.19. The molecule has 0 aliphatic rings. The van der Waals surface area contributed by atoms with E-state index < -0.39 is 5.97 Å². The van der Waals surface area contributed by atoms with Crippen LogP contribution in [0.15, 0.2) is 114 Å². The second kappa shape index (κ2) is 11.6. The molecule has 5 heteroatoms. The third kappa shape index (κ3) is 6.31. The van der Waals surface area contributed by atoms with E-state index in [1.807, 2.05) is 54.6 Å². The average Bonchev–Trinajstić information content (AvgIpc) is 2.87. The van der Waals surface area contributed by atoms with Gasteiger partial charge in [-0.15, -0.1) is 11.8 Å². The van der Waals surface area contributed by atoms with Crippen LogP contribution in [-0.4, -0.2) is 23.4 Å². The number of thioether (sulfide) groups is 1. The molecular weight excluding hydrogens is 464 g/mol. The van der Waals surface area contributed by atoms with E-state index in [1.54, 1.807) is 23.9 Å². The predicted molar refractivity (Wildman–Crippen MR) is 141 cm³/mol. The number of carbonyl (C=O) groups is 1. The molecule has 1 N–H and O–H groups in total. The maximum Gasteiger partial charge on any atom is 0.341 e. The lowest BCUT2D eigenvalue weighted by Gasteiger charge is -2.12. The maximum atomic E-state index is 10.6. The number of ether oxygens (including phenoxy) is 1. The lowest BCUT2D eigenvalue weighted by atomic mass is 9.95. The van der Waals surface area contributed by atoms with Gasteiger partial charge in [0.05, 0.1) is 0 Å². The summed E-state index contributed by atoms with van der Waals surface area (Å²) in [7, 11) is 0. The molecule has 0 amide bonds. The Morgan fingerprint density at radius 3 is 2.15 bits per heavy atom. The molecule has 170 valence electrons. The summed E-state index contributed by atoms with van der Waals surface area (Å²) in [4.78, 5) is 11.7. The van der Waals surface area contributed by atoms with Crippen LogP contribution in [0.2, 0.25) is 5.02 Å². The lowest BCUT2D eigenvalue weighted by Crippen LogP contribution is -2.09. The minimum atomic E-state index is -0.993. The van der Waals surface area contributed by atoms with Gasteiger partial charge in [0.2, 0.25) is 0 Å². The van der Waals surface area contributed by atoms with E-state index in [1.165, 1.54) is 11.1 Å². The Kier molecular flexibility index (Phi) is 8.08. The number of benzene rings is 4. The molecule has 0 atom stereocenters. The summed E-state index contributed by atoms with van der Waals surface area (Å²) in [6, 6.07) is 34.2. The molecule has 4 aromatic carbocycles. The molecule has 0 bridgehead atoms. The zero-order valence-electron chi connectivity index (χ0n) is 18.4. The molecule has 0 aliphatic carbocycles. The molecule has 0 saturated heterocycles. The first-order valence-electron chi connectivity index (χ1n) is 10.8. The number of aliphatic carboxylic acids is 1. The van der Waals surface area contributed by atoms with Crippen molar-refractivity contribution >= 4 is 34.9 Å². The van der Waals surface area contributed by atoms with E-state index in [-0.39, 0.29) is 6.61 Å². The van der Waals surface area contributed by atoms with Gasteiger partial charge in [0.1, 0.15) is 5.75 Å². The van der Waals surface area contributed by atoms with E-state index in [4.69, 9.17) is 21.4 Å². The first-order chi connectivity index (χ1) is 16.6. The number of carboxylic acid groups (broad SMARTS) is 1. The van der Waals surface area contributed by atoms with Crippen molar-refractivity contribution in [3.8, 4) is 16.9 Å². The summed E-state index contributed by atoms with van der Waals surface area (Å²) in [5.41, 5.74) is 5.53. The van der Waals surface area contributed by atoms with Gasteiger partial charge in [-0.05, 0) is 52.6 Å². The molecule has 0 saturated carbocycles. The minimum absolute atomic E-state index is 0.348. The van der Waals surface area contributed by atoms with E-state index in [9.17, 15) is 4.79 Å². The largest absolute Gasteiger partial charge is 0.482 e. The van der Waals surface area contributed by atoms with Crippen molar-refractivity contribution in [2.45, 2.75) is 4.90 Å². The van der Waals surface area contributed by atoms with Gasteiger partial charge in [0, 0.05) is 21.2 Å². The van der Waals surface area contributed by atoms with Crippen molar-refractivity contribution in [1.82, 2.24) is 0 Å². The predicted octanol–water partition coefficient (Wildman–Crippen LogP) is 7.69. The zero-order chi connectivity index (χ0) is 23.8. The molecular formula is C29H23ClO3S. The molecule has 0 fully saturated rings. The molecule has 4 rings (SSSR count). The Balaban J connectivity index is 1.54. The standard InChI is InChI=1S/C29H23ClO3S/c30-28-9-5-4-8-27(28)26(23-12-10-22(11-13-23)21-6-2-1-3-7-21)18-19-34-25-16-14-24(15-17-25)33-20-29(31)32/h1-18H,19-20H2,(H,31,32). The van der Waals surface area contributed by atoms with Crippen molar-refractivity contribution in [2.24, 2.45) is 0 Å². The Hall–Kier alpha value is -3.47. The van der Waals surface area contributed by atoms with E-state index in [0.29, 0.717) is 10.8 Å². The molecule has 0 heterocycles. The van der Waals surface area contributed by atoms with Crippen molar-refractivity contribution in [3.63, 3.8) is 0 Å². The molecule has 34 heavy (non-hydrogen) atoms. The van der Waals surface area contributed by atoms with Gasteiger partial charge < -0.3 is 9.84 Å². The third-order valence-corrected chi connectivity index (χ3v) is 6.46. The van der Waals surface area contributed by atoms with Crippen molar-refractivity contribution in [1.29, 1.82) is 0 Å². The fraction of sp³-hybridized carbons (Fsp3) is 0.0690. The Bertz CT molecular complexity index is 1270. The van der Waals surface area contributed by atoms with E-state index >= 15 is 0 Å². The molecule has 0 aliphatic heterocycles. The maximum absolute atomic E-state index is 10.6. The summed E-state index contributed by atoms with van der Waals surface area (Å²) >= 11 is 8.24. The highest BCUT2D eigenvalue weighted by atomic mass is 35.5. The van der Waals surface area contributed by atoms with Crippen LogP contribution in [0, 0.1) is 0 Å². The van der Waals surface area contributed by atoms with E-state index in [2.05, 4.69) is 42.5 Å². The Labute approximate surface area is 208 Å². The molecule has 0 radical (unpaired) electrons. The number of hydrogen-bond acceptors (Lipinski definition) is 3. The molecule has 4 aromatic rings. The molecule has 0 spiro atoms. The van der Waals surface area contributed by atoms with Gasteiger partial charge in [-0.2, -0.15) is 0 Å². The van der Waals surface area contributed by atoms with Gasteiger partial charge in [-0.25, -0.2) is 4.79 Å². The van der Waals surface area contributed by atoms with E-state index in [0.717, 1.165) is 27.3 Å². The lowest BCUT2D eigenvalue weighted by molar-refractivity contribution is -0.139. The normalized spacial score (nSPS) is 11.3. The highest BCUT2D eigenvalue weighted by Gasteiger charge is 2.10. The second-order valence-electron chi connectivity index (χ2n) is 7.51. The molecule has 0 aromatic heterocycles. The Morgan fingerprint density at radius 1 is 0.824 bits per heavy atom. The number of hydrogen-bond donors (Lipinski definition) is 1. The summed E-state index contributed by atoms with van der Waals surface area (Å²) in [6.45, 7) is -0.348. The average molecular weight is 487 g/mol. The third-order valence-electron chi connectivity index (χ3n) is 5.19. The first kappa shape index (κ1) is 23.7. The number of halogens is 1. The second-order valence-corrected chi connectivity index (χ2v) is 9.01. The fourth-order valence-corrected chi connectivity index (χ4v) is 4.54. The topological polar surface area (TPSA) is 46.5 Å². The zero-order valence-corrected chi connectivity index (χ0v) is 19.9. The van der Waals surface area contributed by atoms with Crippen molar-refractivity contribution in [3.05, 3.63) is 125 Å². The van der Waals surface area contributed by atoms with Crippen LogP contribution < -0.4 is 4.74 Å². The SMILES string of the molecule is O=C(O)COc1ccc(SCC=C(c2ccc(-c3ccccc3)cc2)c2ccccc2Cl)cc1. The van der Waals surface area contributed by atoms with Gasteiger partial charge >= 0.3 is 5.97 Å². The number of rotatable bonds is 9. The van der Waals surface area contributed by atoms with Crippen LogP contribution >= 0.6 is 23.4 Å². The van der Waals surface area contributed by atoms with Crippen LogP contribution in [0.3, 0.4) is 0 Å². The van der Waals surface area contributed by atoms with Gasteiger partial charge in [0.25, 0.3) is 0 Å². The molecule has 3 nitrogen and oxygen atoms in total. The highest BCUT2D eigenvalue weighted by molar-refractivity contribution is 7.99. The summed E-state index contributed by atoms with van der Waals surface area (Å²) < 4.78 is 5.20. The van der Waals surface area contributed by atoms with Crippen LogP contribution in [0.1, 0.15) is 11.1 Å². The van der Waals surface area contributed by atoms with Gasteiger partial charge in [-0.1, -0.05) is 90.5 Å². The summed E-state index contributed by atoms with van der Waals surface area (Å²) in [5.74, 6) is 0.293.